The lowest BCUT2D eigenvalue weighted by molar-refractivity contribution is 0.529. The Hall–Kier alpha value is -1.80. The Morgan fingerprint density at radius 3 is 2.44 bits per heavy atom. The molecule has 2 heteroatoms. The van der Waals surface area contributed by atoms with Gasteiger partial charge in [-0.1, -0.05) is 42.5 Å². The van der Waals surface area contributed by atoms with Gasteiger partial charge in [0, 0.05) is 11.7 Å². The highest BCUT2D eigenvalue weighted by Gasteiger charge is 2.30. The highest BCUT2D eigenvalue weighted by atomic mass is 15.0. The Labute approximate surface area is 108 Å². The van der Waals surface area contributed by atoms with Crippen molar-refractivity contribution in [3.8, 4) is 0 Å². The molecule has 3 rings (SSSR count). The van der Waals surface area contributed by atoms with Crippen LogP contribution in [0.3, 0.4) is 0 Å². The fraction of sp³-hybridized carbons (Fsp3) is 0.250. The maximum absolute atomic E-state index is 3.64. The topological polar surface area (TPSA) is 24.1 Å². The molecule has 0 saturated heterocycles. The molecule has 0 bridgehead atoms. The molecular formula is C16H18N2. The number of nitrogens with one attached hydrogen (secondary N) is 2. The zero-order valence-corrected chi connectivity index (χ0v) is 10.6. The molecule has 0 amide bonds. The van der Waals surface area contributed by atoms with E-state index in [9.17, 15) is 0 Å². The Kier molecular flexibility index (Phi) is 3.03. The molecule has 0 aromatic heterocycles. The van der Waals surface area contributed by atoms with Crippen molar-refractivity contribution in [3.05, 3.63) is 65.7 Å². The first-order valence-corrected chi connectivity index (χ1v) is 6.45. The van der Waals surface area contributed by atoms with Crippen LogP contribution in [0.5, 0.6) is 0 Å². The zero-order valence-electron chi connectivity index (χ0n) is 10.6. The molecule has 0 saturated carbocycles. The molecule has 2 atom stereocenters. The molecule has 1 aliphatic carbocycles. The normalized spacial score (nSPS) is 21.6. The molecule has 1 aliphatic rings. The minimum absolute atomic E-state index is 0.355. The number of benzene rings is 2. The summed E-state index contributed by atoms with van der Waals surface area (Å²) in [6.07, 6.45) is 1.09. The van der Waals surface area contributed by atoms with Crippen LogP contribution in [-0.4, -0.2) is 13.1 Å². The Morgan fingerprint density at radius 1 is 0.944 bits per heavy atom. The van der Waals surface area contributed by atoms with Crippen LogP contribution in [0.25, 0.3) is 0 Å². The van der Waals surface area contributed by atoms with Gasteiger partial charge in [0.25, 0.3) is 0 Å². The molecule has 0 radical (unpaired) electrons. The number of fused-ring (bicyclic) bond motifs is 1. The van der Waals surface area contributed by atoms with E-state index in [0.717, 1.165) is 6.42 Å². The summed E-state index contributed by atoms with van der Waals surface area (Å²) < 4.78 is 0. The van der Waals surface area contributed by atoms with E-state index in [4.69, 9.17) is 0 Å². The fourth-order valence-electron chi connectivity index (χ4n) is 2.76. The molecule has 2 nitrogen and oxygen atoms in total. The standard InChI is InChI=1S/C16H18N2/c1-17-15-11-12-7-5-6-10-14(12)16(15)18-13-8-3-2-4-9-13/h2-10,15-18H,11H2,1H3/t15-,16-/m1/s1. The van der Waals surface area contributed by atoms with Gasteiger partial charge in [-0.2, -0.15) is 0 Å². The highest BCUT2D eigenvalue weighted by Crippen LogP contribution is 2.33. The molecule has 92 valence electrons. The quantitative estimate of drug-likeness (QED) is 0.859. The highest BCUT2D eigenvalue weighted by molar-refractivity contribution is 5.49. The monoisotopic (exact) mass is 238 g/mol. The van der Waals surface area contributed by atoms with Gasteiger partial charge in [-0.15, -0.1) is 0 Å². The Bertz CT molecular complexity index is 522. The van der Waals surface area contributed by atoms with Gasteiger partial charge < -0.3 is 10.6 Å². The van der Waals surface area contributed by atoms with Gasteiger partial charge in [-0.25, -0.2) is 0 Å². The molecule has 0 aliphatic heterocycles. The summed E-state index contributed by atoms with van der Waals surface area (Å²) >= 11 is 0. The van der Waals surface area contributed by atoms with Gasteiger partial charge >= 0.3 is 0 Å². The van der Waals surface area contributed by atoms with Crippen molar-refractivity contribution < 1.29 is 0 Å². The van der Waals surface area contributed by atoms with E-state index in [1.165, 1.54) is 16.8 Å². The summed E-state index contributed by atoms with van der Waals surface area (Å²) in [6.45, 7) is 0. The molecule has 0 fully saturated rings. The number of anilines is 1. The SMILES string of the molecule is CN[C@@H]1Cc2ccccc2[C@H]1Nc1ccccc1. The molecule has 0 spiro atoms. The van der Waals surface area contributed by atoms with E-state index in [2.05, 4.69) is 59.2 Å². The third-order valence-corrected chi connectivity index (χ3v) is 3.70. The smallest absolute Gasteiger partial charge is 0.0672 e. The van der Waals surface area contributed by atoms with Crippen molar-refractivity contribution in [2.75, 3.05) is 12.4 Å². The van der Waals surface area contributed by atoms with Gasteiger partial charge in [-0.3, -0.25) is 0 Å². The molecule has 2 aromatic carbocycles. The number of para-hydroxylation sites is 1. The van der Waals surface area contributed by atoms with Crippen molar-refractivity contribution in [2.45, 2.75) is 18.5 Å². The summed E-state index contributed by atoms with van der Waals surface area (Å²) in [6, 6.07) is 19.9. The second kappa shape index (κ2) is 4.83. The summed E-state index contributed by atoms with van der Waals surface area (Å²) in [5.41, 5.74) is 4.05. The third kappa shape index (κ3) is 2.00. The lowest BCUT2D eigenvalue weighted by atomic mass is 10.1. The minimum atomic E-state index is 0.355. The average Bonchev–Trinajstić information content (AvgIpc) is 2.78. The predicted octanol–water partition coefficient (Wildman–Crippen LogP) is 2.98. The second-order valence-electron chi connectivity index (χ2n) is 4.79. The molecule has 2 aromatic rings. The van der Waals surface area contributed by atoms with Crippen molar-refractivity contribution in [1.82, 2.24) is 5.32 Å². The lowest BCUT2D eigenvalue weighted by Crippen LogP contribution is -2.33. The van der Waals surface area contributed by atoms with Crippen molar-refractivity contribution in [1.29, 1.82) is 0 Å². The predicted molar refractivity (Wildman–Crippen MR) is 75.8 cm³/mol. The van der Waals surface area contributed by atoms with Crippen LogP contribution >= 0.6 is 0 Å². The van der Waals surface area contributed by atoms with E-state index in [1.807, 2.05) is 13.1 Å². The summed E-state index contributed by atoms with van der Waals surface area (Å²) in [5, 5.41) is 7.05. The van der Waals surface area contributed by atoms with Crippen LogP contribution in [0, 0.1) is 0 Å². The van der Waals surface area contributed by atoms with Crippen molar-refractivity contribution in [3.63, 3.8) is 0 Å². The maximum atomic E-state index is 3.64. The van der Waals surface area contributed by atoms with E-state index >= 15 is 0 Å². The molecule has 18 heavy (non-hydrogen) atoms. The maximum Gasteiger partial charge on any atom is 0.0672 e. The van der Waals surface area contributed by atoms with E-state index in [-0.39, 0.29) is 0 Å². The first-order valence-electron chi connectivity index (χ1n) is 6.45. The molecule has 0 unspecified atom stereocenters. The largest absolute Gasteiger partial charge is 0.377 e. The van der Waals surface area contributed by atoms with Gasteiger partial charge in [0.2, 0.25) is 0 Å². The van der Waals surface area contributed by atoms with Crippen LogP contribution in [0.2, 0.25) is 0 Å². The summed E-state index contributed by atoms with van der Waals surface area (Å²) in [7, 11) is 2.04. The molecular weight excluding hydrogens is 220 g/mol. The molecule has 2 N–H and O–H groups in total. The van der Waals surface area contributed by atoms with E-state index < -0.39 is 0 Å². The summed E-state index contributed by atoms with van der Waals surface area (Å²) in [4.78, 5) is 0. The van der Waals surface area contributed by atoms with Crippen LogP contribution in [0.1, 0.15) is 17.2 Å². The van der Waals surface area contributed by atoms with Crippen LogP contribution in [0.15, 0.2) is 54.6 Å². The van der Waals surface area contributed by atoms with Gasteiger partial charge in [0.05, 0.1) is 6.04 Å². The number of hydrogen-bond acceptors (Lipinski definition) is 2. The first kappa shape index (κ1) is 11.3. The Morgan fingerprint density at radius 2 is 1.67 bits per heavy atom. The van der Waals surface area contributed by atoms with Crippen LogP contribution in [0.4, 0.5) is 5.69 Å². The molecule has 0 heterocycles. The van der Waals surface area contributed by atoms with E-state index in [0.29, 0.717) is 12.1 Å². The van der Waals surface area contributed by atoms with E-state index in [1.54, 1.807) is 0 Å². The van der Waals surface area contributed by atoms with Crippen molar-refractivity contribution >= 4 is 5.69 Å². The van der Waals surface area contributed by atoms with Gasteiger partial charge in [-0.05, 0) is 36.7 Å². The van der Waals surface area contributed by atoms with Gasteiger partial charge in [0.1, 0.15) is 0 Å². The Balaban J connectivity index is 1.90. The zero-order chi connectivity index (χ0) is 12.4. The average molecular weight is 238 g/mol. The van der Waals surface area contributed by atoms with Crippen LogP contribution in [-0.2, 0) is 6.42 Å². The minimum Gasteiger partial charge on any atom is -0.377 e. The number of hydrogen-bond donors (Lipinski definition) is 2. The second-order valence-corrected chi connectivity index (χ2v) is 4.79. The third-order valence-electron chi connectivity index (χ3n) is 3.70. The number of likely N-dealkylation sites (N-methyl/N-ethyl adjacent to an activating group) is 1. The van der Waals surface area contributed by atoms with Crippen LogP contribution < -0.4 is 10.6 Å². The number of rotatable bonds is 3. The summed E-state index contributed by atoms with van der Waals surface area (Å²) in [5.74, 6) is 0. The van der Waals surface area contributed by atoms with Gasteiger partial charge in [0.15, 0.2) is 0 Å². The lowest BCUT2D eigenvalue weighted by Gasteiger charge is -2.22. The van der Waals surface area contributed by atoms with Crippen molar-refractivity contribution in [2.24, 2.45) is 0 Å². The fourth-order valence-corrected chi connectivity index (χ4v) is 2.76. The first-order chi connectivity index (χ1) is 8.88.